The van der Waals surface area contributed by atoms with E-state index in [1.54, 1.807) is 0 Å². The van der Waals surface area contributed by atoms with E-state index in [0.29, 0.717) is 32.8 Å². The van der Waals surface area contributed by atoms with Crippen molar-refractivity contribution in [3.63, 3.8) is 0 Å². The molecule has 1 rings (SSSR count). The van der Waals surface area contributed by atoms with Gasteiger partial charge in [-0.05, 0) is 6.42 Å². The smallest absolute Gasteiger partial charge is 0.302 e. The first-order chi connectivity index (χ1) is 12.8. The summed E-state index contributed by atoms with van der Waals surface area (Å²) >= 11 is 0. The largest absolute Gasteiger partial charge is 0.466 e. The molecular weight excluding hydrogens is 356 g/mol. The highest BCUT2D eigenvalue weighted by atomic mass is 16.6. The van der Waals surface area contributed by atoms with Gasteiger partial charge in [-0.3, -0.25) is 14.4 Å². The number of nitrogens with two attached hydrogens (primary N) is 1. The number of hydrogen-bond donors (Lipinski definition) is 2. The minimum atomic E-state index is -0.587. The third-order valence-electron chi connectivity index (χ3n) is 4.55. The molecule has 0 saturated heterocycles. The molecule has 1 saturated carbocycles. The lowest BCUT2D eigenvalue weighted by atomic mass is 9.74. The van der Waals surface area contributed by atoms with Crippen molar-refractivity contribution in [2.75, 3.05) is 33.0 Å². The van der Waals surface area contributed by atoms with Gasteiger partial charge in [0, 0.05) is 39.2 Å². The van der Waals surface area contributed by atoms with Crippen molar-refractivity contribution in [1.82, 2.24) is 5.32 Å². The predicted octanol–water partition coefficient (Wildman–Crippen LogP) is 0.00240. The second-order valence-electron chi connectivity index (χ2n) is 6.77. The zero-order valence-corrected chi connectivity index (χ0v) is 16.6. The highest BCUT2D eigenvalue weighted by Gasteiger charge is 2.46. The van der Waals surface area contributed by atoms with Crippen LogP contribution >= 0.6 is 0 Å². The highest BCUT2D eigenvalue weighted by molar-refractivity contribution is 5.73. The standard InChI is InChI=1S/C18H32N2O7/c1-11-15(10-26-13(3)22)9-16(25-8-7-24-6-5-19)17(20-12(2)21)18(11)27-14(4)23/h11,15-18H,5-10,19H2,1-4H3,(H,20,21). The minimum absolute atomic E-state index is 0.0711. The van der Waals surface area contributed by atoms with Crippen LogP contribution in [0.15, 0.2) is 0 Å². The van der Waals surface area contributed by atoms with Crippen LogP contribution in [-0.4, -0.2) is 69.1 Å². The van der Waals surface area contributed by atoms with Crippen molar-refractivity contribution in [1.29, 1.82) is 0 Å². The summed E-state index contributed by atoms with van der Waals surface area (Å²) in [4.78, 5) is 34.5. The SMILES string of the molecule is CC(=O)NC1C(OCCOCCN)CC(COC(C)=O)C(C)C1OC(C)=O. The summed E-state index contributed by atoms with van der Waals surface area (Å²) in [5.41, 5.74) is 5.38. The van der Waals surface area contributed by atoms with E-state index in [-0.39, 0.29) is 30.3 Å². The molecule has 27 heavy (non-hydrogen) atoms. The molecule has 0 spiro atoms. The van der Waals surface area contributed by atoms with Crippen LogP contribution in [0.2, 0.25) is 0 Å². The zero-order chi connectivity index (χ0) is 20.4. The van der Waals surface area contributed by atoms with Crippen LogP contribution in [0, 0.1) is 11.8 Å². The van der Waals surface area contributed by atoms with E-state index in [2.05, 4.69) is 5.32 Å². The molecule has 0 heterocycles. The molecule has 1 aliphatic rings. The maximum atomic E-state index is 11.7. The molecule has 0 aromatic rings. The van der Waals surface area contributed by atoms with Gasteiger partial charge < -0.3 is 30.0 Å². The number of carbonyl (C=O) groups is 3. The van der Waals surface area contributed by atoms with Crippen LogP contribution in [0.4, 0.5) is 0 Å². The first-order valence-corrected chi connectivity index (χ1v) is 9.23. The van der Waals surface area contributed by atoms with Crippen LogP contribution in [0.25, 0.3) is 0 Å². The fourth-order valence-electron chi connectivity index (χ4n) is 3.31. The monoisotopic (exact) mass is 388 g/mol. The number of carbonyl (C=O) groups excluding carboxylic acids is 3. The number of rotatable bonds is 10. The van der Waals surface area contributed by atoms with Gasteiger partial charge in [0.1, 0.15) is 6.10 Å². The molecule has 156 valence electrons. The van der Waals surface area contributed by atoms with Gasteiger partial charge in [-0.2, -0.15) is 0 Å². The Morgan fingerprint density at radius 1 is 1.07 bits per heavy atom. The van der Waals surface area contributed by atoms with Crippen LogP contribution in [0.3, 0.4) is 0 Å². The van der Waals surface area contributed by atoms with Gasteiger partial charge >= 0.3 is 11.9 Å². The van der Waals surface area contributed by atoms with E-state index >= 15 is 0 Å². The summed E-state index contributed by atoms with van der Waals surface area (Å²) in [5, 5.41) is 2.85. The molecular formula is C18H32N2O7. The number of amides is 1. The van der Waals surface area contributed by atoms with Crippen molar-refractivity contribution in [3.8, 4) is 0 Å². The second-order valence-corrected chi connectivity index (χ2v) is 6.77. The highest BCUT2D eigenvalue weighted by Crippen LogP contribution is 2.34. The molecule has 0 aliphatic heterocycles. The summed E-state index contributed by atoms with van der Waals surface area (Å²) in [6.45, 7) is 7.72. The van der Waals surface area contributed by atoms with E-state index < -0.39 is 24.2 Å². The lowest BCUT2D eigenvalue weighted by Gasteiger charge is -2.45. The van der Waals surface area contributed by atoms with E-state index in [0.717, 1.165) is 0 Å². The zero-order valence-electron chi connectivity index (χ0n) is 16.6. The lowest BCUT2D eigenvalue weighted by molar-refractivity contribution is -0.169. The topological polar surface area (TPSA) is 126 Å². The average molecular weight is 388 g/mol. The fraction of sp³-hybridized carbons (Fsp3) is 0.833. The molecule has 9 nitrogen and oxygen atoms in total. The Morgan fingerprint density at radius 2 is 1.78 bits per heavy atom. The van der Waals surface area contributed by atoms with Gasteiger partial charge in [0.25, 0.3) is 0 Å². The fourth-order valence-corrected chi connectivity index (χ4v) is 3.31. The van der Waals surface area contributed by atoms with E-state index in [1.165, 1.54) is 20.8 Å². The van der Waals surface area contributed by atoms with Gasteiger partial charge in [0.05, 0.1) is 38.6 Å². The first-order valence-electron chi connectivity index (χ1n) is 9.23. The van der Waals surface area contributed by atoms with Gasteiger partial charge in [0.15, 0.2) is 0 Å². The second kappa shape index (κ2) is 11.9. The Kier molecular flexibility index (Phi) is 10.3. The molecule has 9 heteroatoms. The third-order valence-corrected chi connectivity index (χ3v) is 4.55. The average Bonchev–Trinajstić information content (AvgIpc) is 2.57. The Balaban J connectivity index is 2.90. The molecule has 0 radical (unpaired) electrons. The minimum Gasteiger partial charge on any atom is -0.466 e. The normalized spacial score (nSPS) is 27.7. The lowest BCUT2D eigenvalue weighted by Crippen LogP contribution is -2.60. The molecule has 0 aromatic heterocycles. The quantitative estimate of drug-likeness (QED) is 0.396. The Labute approximate surface area is 160 Å². The van der Waals surface area contributed by atoms with Gasteiger partial charge in [0.2, 0.25) is 5.91 Å². The summed E-state index contributed by atoms with van der Waals surface area (Å²) in [5.74, 6) is -1.25. The summed E-state index contributed by atoms with van der Waals surface area (Å²) < 4.78 is 21.9. The van der Waals surface area contributed by atoms with Crippen LogP contribution in [-0.2, 0) is 33.3 Å². The predicted molar refractivity (Wildman–Crippen MR) is 96.7 cm³/mol. The summed E-state index contributed by atoms with van der Waals surface area (Å²) in [6, 6.07) is -0.496. The maximum absolute atomic E-state index is 11.7. The van der Waals surface area contributed by atoms with Crippen molar-refractivity contribution in [2.24, 2.45) is 17.6 Å². The van der Waals surface area contributed by atoms with Crippen molar-refractivity contribution in [2.45, 2.75) is 52.4 Å². The molecule has 0 bridgehead atoms. The number of nitrogens with one attached hydrogen (secondary N) is 1. The molecule has 1 fully saturated rings. The molecule has 3 N–H and O–H groups in total. The van der Waals surface area contributed by atoms with E-state index in [4.69, 9.17) is 24.7 Å². The van der Waals surface area contributed by atoms with Crippen molar-refractivity contribution in [3.05, 3.63) is 0 Å². The van der Waals surface area contributed by atoms with Crippen LogP contribution in [0.5, 0.6) is 0 Å². The van der Waals surface area contributed by atoms with Gasteiger partial charge in [-0.15, -0.1) is 0 Å². The van der Waals surface area contributed by atoms with Crippen molar-refractivity contribution < 1.29 is 33.3 Å². The molecule has 5 atom stereocenters. The van der Waals surface area contributed by atoms with Crippen LogP contribution < -0.4 is 11.1 Å². The molecule has 1 amide bonds. The Bertz CT molecular complexity index is 500. The van der Waals surface area contributed by atoms with E-state index in [9.17, 15) is 14.4 Å². The van der Waals surface area contributed by atoms with Gasteiger partial charge in [-0.1, -0.05) is 6.92 Å². The Hall–Kier alpha value is -1.71. The van der Waals surface area contributed by atoms with Crippen LogP contribution in [0.1, 0.15) is 34.1 Å². The number of ether oxygens (including phenoxy) is 4. The maximum Gasteiger partial charge on any atom is 0.302 e. The van der Waals surface area contributed by atoms with Gasteiger partial charge in [-0.25, -0.2) is 0 Å². The summed E-state index contributed by atoms with van der Waals surface area (Å²) in [6.07, 6.45) is -0.444. The first kappa shape index (κ1) is 23.3. The van der Waals surface area contributed by atoms with Crippen molar-refractivity contribution >= 4 is 17.8 Å². The van der Waals surface area contributed by atoms with E-state index in [1.807, 2.05) is 6.92 Å². The molecule has 1 aliphatic carbocycles. The molecule has 5 unspecified atom stereocenters. The molecule has 0 aromatic carbocycles. The Morgan fingerprint density at radius 3 is 2.33 bits per heavy atom. The number of hydrogen-bond acceptors (Lipinski definition) is 8. The third kappa shape index (κ3) is 8.23. The number of esters is 2. The summed E-state index contributed by atoms with van der Waals surface area (Å²) in [7, 11) is 0.